The van der Waals surface area contributed by atoms with Crippen molar-refractivity contribution in [2.75, 3.05) is 19.6 Å². The first-order valence-electron chi connectivity index (χ1n) is 7.47. The topological polar surface area (TPSA) is 41.6 Å². The molecule has 0 spiro atoms. The smallest absolute Gasteiger partial charge is 0.191 e. The van der Waals surface area contributed by atoms with E-state index in [-0.39, 0.29) is 29.9 Å². The van der Waals surface area contributed by atoms with E-state index in [9.17, 15) is 8.78 Å². The van der Waals surface area contributed by atoms with Gasteiger partial charge >= 0.3 is 0 Å². The summed E-state index contributed by atoms with van der Waals surface area (Å²) < 4.78 is 26.6. The van der Waals surface area contributed by atoms with Gasteiger partial charge < -0.3 is 10.6 Å². The highest BCUT2D eigenvalue weighted by Crippen LogP contribution is 2.20. The summed E-state index contributed by atoms with van der Waals surface area (Å²) in [6, 6.07) is 3.66. The molecule has 2 N–H and O–H groups in total. The highest BCUT2D eigenvalue weighted by molar-refractivity contribution is 14.0. The number of halogens is 3. The SMILES string of the molecule is CC1CCCN(C(N)=NCC(C)c2ccc(F)cc2F)C1.I. The number of hydrogen-bond acceptors (Lipinski definition) is 1. The van der Waals surface area contributed by atoms with Crippen molar-refractivity contribution >= 4 is 29.9 Å². The highest BCUT2D eigenvalue weighted by atomic mass is 127. The molecule has 1 fully saturated rings. The summed E-state index contributed by atoms with van der Waals surface area (Å²) in [5, 5.41) is 0. The normalized spacial score (nSPS) is 20.5. The standard InChI is InChI=1S/C16H23F2N3.HI/c1-11-4-3-7-21(10-11)16(19)20-9-12(2)14-6-5-13(17)8-15(14)18;/h5-6,8,11-12H,3-4,7,9-10H2,1-2H3,(H2,19,20);1H. The minimum atomic E-state index is -0.561. The lowest BCUT2D eigenvalue weighted by molar-refractivity contribution is 0.270. The number of nitrogens with two attached hydrogens (primary N) is 1. The Balaban J connectivity index is 0.00000242. The van der Waals surface area contributed by atoms with E-state index in [1.54, 1.807) is 0 Å². The lowest BCUT2D eigenvalue weighted by Crippen LogP contribution is -2.43. The number of nitrogens with zero attached hydrogens (tertiary/aromatic N) is 2. The Morgan fingerprint density at radius 1 is 1.45 bits per heavy atom. The van der Waals surface area contributed by atoms with E-state index in [0.29, 0.717) is 24.0 Å². The van der Waals surface area contributed by atoms with Gasteiger partial charge in [0.1, 0.15) is 11.6 Å². The van der Waals surface area contributed by atoms with Crippen molar-refractivity contribution in [3.05, 3.63) is 35.4 Å². The van der Waals surface area contributed by atoms with Crippen LogP contribution in [0.15, 0.2) is 23.2 Å². The first kappa shape index (κ1) is 19.1. The fourth-order valence-electron chi connectivity index (χ4n) is 2.73. The second kappa shape index (κ2) is 8.64. The van der Waals surface area contributed by atoms with Crippen LogP contribution in [0, 0.1) is 17.6 Å². The number of likely N-dealkylation sites (tertiary alicyclic amines) is 1. The average Bonchev–Trinajstić information content (AvgIpc) is 2.44. The molecule has 0 amide bonds. The molecule has 1 aromatic carbocycles. The number of rotatable bonds is 3. The Morgan fingerprint density at radius 3 is 2.82 bits per heavy atom. The minimum Gasteiger partial charge on any atom is -0.370 e. The van der Waals surface area contributed by atoms with E-state index in [1.807, 2.05) is 6.92 Å². The third kappa shape index (κ3) is 5.07. The van der Waals surface area contributed by atoms with Gasteiger partial charge in [0.15, 0.2) is 5.96 Å². The van der Waals surface area contributed by atoms with Crippen molar-refractivity contribution in [2.45, 2.75) is 32.6 Å². The van der Waals surface area contributed by atoms with Crippen molar-refractivity contribution < 1.29 is 8.78 Å². The second-order valence-electron chi connectivity index (χ2n) is 5.96. The first-order chi connectivity index (χ1) is 9.97. The molecule has 1 aromatic rings. The molecule has 1 aliphatic heterocycles. The molecular weight excluding hydrogens is 399 g/mol. The molecule has 2 rings (SSSR count). The zero-order chi connectivity index (χ0) is 15.4. The Morgan fingerprint density at radius 2 is 2.18 bits per heavy atom. The summed E-state index contributed by atoms with van der Waals surface area (Å²) in [7, 11) is 0. The predicted molar refractivity (Wildman–Crippen MR) is 96.6 cm³/mol. The fraction of sp³-hybridized carbons (Fsp3) is 0.562. The van der Waals surface area contributed by atoms with Crippen molar-refractivity contribution in [1.29, 1.82) is 0 Å². The fourth-order valence-corrected chi connectivity index (χ4v) is 2.73. The van der Waals surface area contributed by atoms with Gasteiger partial charge in [0, 0.05) is 31.6 Å². The highest BCUT2D eigenvalue weighted by Gasteiger charge is 2.18. The van der Waals surface area contributed by atoms with Crippen LogP contribution in [0.3, 0.4) is 0 Å². The van der Waals surface area contributed by atoms with Gasteiger partial charge in [-0.2, -0.15) is 0 Å². The molecule has 2 atom stereocenters. The Bertz CT molecular complexity index is 522. The van der Waals surface area contributed by atoms with E-state index in [2.05, 4.69) is 16.8 Å². The summed E-state index contributed by atoms with van der Waals surface area (Å²) in [6.45, 7) is 6.33. The summed E-state index contributed by atoms with van der Waals surface area (Å²) in [5.41, 5.74) is 6.49. The van der Waals surface area contributed by atoms with Crippen molar-refractivity contribution in [3.63, 3.8) is 0 Å². The molecule has 0 aromatic heterocycles. The zero-order valence-electron chi connectivity index (χ0n) is 13.1. The van der Waals surface area contributed by atoms with Crippen LogP contribution in [-0.4, -0.2) is 30.5 Å². The van der Waals surface area contributed by atoms with Gasteiger partial charge in [-0.1, -0.05) is 19.9 Å². The first-order valence-corrected chi connectivity index (χ1v) is 7.47. The second-order valence-corrected chi connectivity index (χ2v) is 5.96. The van der Waals surface area contributed by atoms with E-state index >= 15 is 0 Å². The lowest BCUT2D eigenvalue weighted by atomic mass is 10.0. The third-order valence-corrected chi connectivity index (χ3v) is 4.00. The quantitative estimate of drug-likeness (QED) is 0.458. The summed E-state index contributed by atoms with van der Waals surface area (Å²) in [5.74, 6) is -0.0709. The van der Waals surface area contributed by atoms with Crippen LogP contribution in [-0.2, 0) is 0 Å². The monoisotopic (exact) mass is 423 g/mol. The van der Waals surface area contributed by atoms with Gasteiger partial charge in [-0.05, 0) is 30.4 Å². The third-order valence-electron chi connectivity index (χ3n) is 4.00. The Hall–Kier alpha value is -0.920. The zero-order valence-corrected chi connectivity index (χ0v) is 15.4. The molecule has 0 radical (unpaired) electrons. The van der Waals surface area contributed by atoms with Crippen LogP contribution in [0.1, 0.15) is 38.2 Å². The summed E-state index contributed by atoms with van der Waals surface area (Å²) >= 11 is 0. The van der Waals surface area contributed by atoms with Gasteiger partial charge in [0.2, 0.25) is 0 Å². The van der Waals surface area contributed by atoms with Gasteiger partial charge in [-0.15, -0.1) is 24.0 Å². The number of hydrogen-bond donors (Lipinski definition) is 1. The molecular formula is C16H24F2IN3. The number of piperidine rings is 1. The van der Waals surface area contributed by atoms with E-state index < -0.39 is 11.6 Å². The molecule has 6 heteroatoms. The molecule has 1 saturated heterocycles. The maximum atomic E-state index is 13.7. The number of benzene rings is 1. The van der Waals surface area contributed by atoms with Crippen LogP contribution in [0.25, 0.3) is 0 Å². The van der Waals surface area contributed by atoms with Gasteiger partial charge in [0.05, 0.1) is 0 Å². The molecule has 124 valence electrons. The Labute approximate surface area is 148 Å². The van der Waals surface area contributed by atoms with Gasteiger partial charge in [-0.3, -0.25) is 4.99 Å². The van der Waals surface area contributed by atoms with Crippen LogP contribution < -0.4 is 5.73 Å². The maximum Gasteiger partial charge on any atom is 0.191 e. The molecule has 3 nitrogen and oxygen atoms in total. The molecule has 0 aliphatic carbocycles. The number of guanidine groups is 1. The summed E-state index contributed by atoms with van der Waals surface area (Å²) in [4.78, 5) is 6.47. The van der Waals surface area contributed by atoms with E-state index in [4.69, 9.17) is 5.73 Å². The molecule has 22 heavy (non-hydrogen) atoms. The van der Waals surface area contributed by atoms with Gasteiger partial charge in [-0.25, -0.2) is 8.78 Å². The number of aliphatic imine (C=N–C) groups is 1. The molecule has 1 heterocycles. The molecule has 0 saturated carbocycles. The molecule has 2 unspecified atom stereocenters. The average molecular weight is 423 g/mol. The van der Waals surface area contributed by atoms with Crippen LogP contribution in [0.5, 0.6) is 0 Å². The van der Waals surface area contributed by atoms with Crippen LogP contribution in [0.2, 0.25) is 0 Å². The summed E-state index contributed by atoms with van der Waals surface area (Å²) in [6.07, 6.45) is 2.35. The largest absolute Gasteiger partial charge is 0.370 e. The molecule has 0 bridgehead atoms. The van der Waals surface area contributed by atoms with E-state index in [1.165, 1.54) is 18.6 Å². The predicted octanol–water partition coefficient (Wildman–Crippen LogP) is 3.73. The lowest BCUT2D eigenvalue weighted by Gasteiger charge is -2.31. The van der Waals surface area contributed by atoms with Crippen LogP contribution in [0.4, 0.5) is 8.78 Å². The van der Waals surface area contributed by atoms with Gasteiger partial charge in [0.25, 0.3) is 0 Å². The minimum absolute atomic E-state index is 0. The molecule has 1 aliphatic rings. The maximum absolute atomic E-state index is 13.7. The van der Waals surface area contributed by atoms with Crippen molar-refractivity contribution in [1.82, 2.24) is 4.90 Å². The van der Waals surface area contributed by atoms with E-state index in [0.717, 1.165) is 25.6 Å². The van der Waals surface area contributed by atoms with Crippen molar-refractivity contribution in [3.8, 4) is 0 Å². The Kier molecular flexibility index (Phi) is 7.52. The van der Waals surface area contributed by atoms with Crippen molar-refractivity contribution in [2.24, 2.45) is 16.6 Å². The van der Waals surface area contributed by atoms with Crippen LogP contribution >= 0.6 is 24.0 Å².